The predicted molar refractivity (Wildman–Crippen MR) is 73.7 cm³/mol. The minimum absolute atomic E-state index is 0.297. The van der Waals surface area contributed by atoms with Gasteiger partial charge < -0.3 is 5.32 Å². The maximum Gasteiger partial charge on any atom is 0.471 e. The Labute approximate surface area is 134 Å². The van der Waals surface area contributed by atoms with Crippen LogP contribution in [0.15, 0.2) is 7.57 Å². The molecule has 0 saturated carbocycles. The summed E-state index contributed by atoms with van der Waals surface area (Å²) in [5, 5.41) is 1.83. The molecule has 1 N–H and O–H groups in total. The van der Waals surface area contributed by atoms with E-state index in [0.29, 0.717) is 18.7 Å². The van der Waals surface area contributed by atoms with Crippen molar-refractivity contribution in [1.29, 1.82) is 0 Å². The van der Waals surface area contributed by atoms with Gasteiger partial charge in [-0.1, -0.05) is 15.9 Å². The first-order valence-electron chi connectivity index (χ1n) is 4.68. The number of carbonyl (C=O) groups is 2. The van der Waals surface area contributed by atoms with Crippen molar-refractivity contribution in [3.63, 3.8) is 0 Å². The number of carbonyl (C=O) groups excluding carboxylic acids is 2. The fraction of sp³-hybridized carbons (Fsp3) is 0.333. The molecule has 2 rings (SSSR count). The zero-order valence-electron chi connectivity index (χ0n) is 8.65. The van der Waals surface area contributed by atoms with Gasteiger partial charge in [-0.25, -0.2) is 0 Å². The first kappa shape index (κ1) is 15.5. The third kappa shape index (κ3) is 2.64. The van der Waals surface area contributed by atoms with Crippen molar-refractivity contribution in [3.8, 4) is 0 Å². The van der Waals surface area contributed by atoms with Gasteiger partial charge in [-0.15, -0.1) is 11.3 Å². The number of hydrogen-bond donors (Lipinski definition) is 1. The summed E-state index contributed by atoms with van der Waals surface area (Å²) in [5.41, 5.74) is 0.660. The number of fused-ring (bicyclic) bond motifs is 1. The first-order chi connectivity index (χ1) is 8.64. The Balaban J connectivity index is 2.39. The van der Waals surface area contributed by atoms with Gasteiger partial charge in [0, 0.05) is 5.56 Å². The minimum atomic E-state index is -4.99. The van der Waals surface area contributed by atoms with E-state index in [0.717, 1.165) is 0 Å². The summed E-state index contributed by atoms with van der Waals surface area (Å²) in [7, 11) is 0. The van der Waals surface area contributed by atoms with Crippen LogP contribution in [-0.2, 0) is 4.79 Å². The summed E-state index contributed by atoms with van der Waals surface area (Å²) in [6.45, 7) is 0. The van der Waals surface area contributed by atoms with Crippen LogP contribution in [0.1, 0.15) is 22.0 Å². The van der Waals surface area contributed by atoms with E-state index in [4.69, 9.17) is 0 Å². The zero-order valence-corrected chi connectivity index (χ0v) is 14.2. The molecule has 1 aromatic rings. The molecule has 1 aliphatic carbocycles. The van der Waals surface area contributed by atoms with Gasteiger partial charge in [-0.3, -0.25) is 9.59 Å². The lowest BCUT2D eigenvalue weighted by molar-refractivity contribution is -0.174. The van der Waals surface area contributed by atoms with Crippen LogP contribution in [0, 0.1) is 0 Å². The van der Waals surface area contributed by atoms with E-state index in [2.05, 4.69) is 47.8 Å². The van der Waals surface area contributed by atoms with Gasteiger partial charge in [0.05, 0.1) is 19.2 Å². The molecule has 0 unspecified atom stereocenters. The first-order valence-corrected chi connectivity index (χ1v) is 8.00. The Hall–Kier alpha value is 0.0700. The average Bonchev–Trinajstić information content (AvgIpc) is 2.69. The van der Waals surface area contributed by atoms with Crippen LogP contribution in [0.25, 0.3) is 0 Å². The lowest BCUT2D eigenvalue weighted by Gasteiger charge is -2.17. The van der Waals surface area contributed by atoms with Crippen LogP contribution in [0.4, 0.5) is 13.2 Å². The van der Waals surface area contributed by atoms with Gasteiger partial charge in [-0.05, 0) is 31.9 Å². The Kier molecular flexibility index (Phi) is 4.17. The number of halogens is 6. The number of ketones is 1. The van der Waals surface area contributed by atoms with Gasteiger partial charge in [0.1, 0.15) is 4.83 Å². The quantitative estimate of drug-likeness (QED) is 0.612. The molecule has 2 atom stereocenters. The minimum Gasteiger partial charge on any atom is -0.340 e. The van der Waals surface area contributed by atoms with Crippen molar-refractivity contribution < 1.29 is 22.8 Å². The molecule has 0 fully saturated rings. The van der Waals surface area contributed by atoms with Crippen molar-refractivity contribution in [2.45, 2.75) is 17.0 Å². The Morgan fingerprint density at radius 3 is 2.37 bits per heavy atom. The highest BCUT2D eigenvalue weighted by molar-refractivity contribution is 9.12. The number of hydrogen-bond acceptors (Lipinski definition) is 3. The molecule has 1 amide bonds. The van der Waals surface area contributed by atoms with Crippen molar-refractivity contribution in [2.75, 3.05) is 0 Å². The van der Waals surface area contributed by atoms with E-state index < -0.39 is 23.0 Å². The van der Waals surface area contributed by atoms with Crippen molar-refractivity contribution in [3.05, 3.63) is 18.7 Å². The SMILES string of the molecule is O=C1c2c(Br)sc(Br)c2[C@@H](NC(=O)C(F)(F)F)[C@@H]1Br. The molecule has 1 aromatic heterocycles. The second-order valence-corrected chi connectivity index (χ2v) is 8.30. The van der Waals surface area contributed by atoms with Crippen LogP contribution >= 0.6 is 59.1 Å². The van der Waals surface area contributed by atoms with Crippen molar-refractivity contribution in [1.82, 2.24) is 5.32 Å². The second-order valence-electron chi connectivity index (χ2n) is 3.65. The zero-order chi connectivity index (χ0) is 14.5. The highest BCUT2D eigenvalue weighted by Gasteiger charge is 2.47. The van der Waals surface area contributed by atoms with Crippen LogP contribution in [-0.4, -0.2) is 22.7 Å². The summed E-state index contributed by atoms with van der Waals surface area (Å²) in [6, 6.07) is -1.05. The van der Waals surface area contributed by atoms with Gasteiger partial charge >= 0.3 is 12.1 Å². The molecule has 1 heterocycles. The summed E-state index contributed by atoms with van der Waals surface area (Å²) in [4.78, 5) is 22.0. The molecule has 104 valence electrons. The summed E-state index contributed by atoms with van der Waals surface area (Å²) in [6.07, 6.45) is -4.99. The van der Waals surface area contributed by atoms with E-state index in [9.17, 15) is 22.8 Å². The van der Waals surface area contributed by atoms with E-state index in [1.54, 1.807) is 0 Å². The molecule has 10 heteroatoms. The predicted octanol–water partition coefficient (Wildman–Crippen LogP) is 3.95. The third-order valence-corrected chi connectivity index (χ3v) is 6.02. The van der Waals surface area contributed by atoms with Crippen LogP contribution in [0.2, 0.25) is 0 Å². The Morgan fingerprint density at radius 1 is 1.26 bits per heavy atom. The van der Waals surface area contributed by atoms with Crippen molar-refractivity contribution >= 4 is 70.8 Å². The number of thiophene rings is 1. The Bertz CT molecular complexity index is 572. The normalized spacial score (nSPS) is 22.5. The number of alkyl halides is 4. The molecule has 0 bridgehead atoms. The number of Topliss-reactive ketones (excluding diaryl/α,β-unsaturated/α-hetero) is 1. The van der Waals surface area contributed by atoms with Gasteiger partial charge in [-0.2, -0.15) is 13.2 Å². The highest BCUT2D eigenvalue weighted by atomic mass is 79.9. The van der Waals surface area contributed by atoms with E-state index in [1.807, 2.05) is 5.32 Å². The Morgan fingerprint density at radius 2 is 1.84 bits per heavy atom. The third-order valence-electron chi connectivity index (χ3n) is 2.50. The molecular formula is C9H3Br3F3NO2S. The molecule has 0 spiro atoms. The van der Waals surface area contributed by atoms with Gasteiger partial charge in [0.15, 0.2) is 5.78 Å². The summed E-state index contributed by atoms with van der Waals surface area (Å²) >= 11 is 10.6. The van der Waals surface area contributed by atoms with E-state index in [-0.39, 0.29) is 5.78 Å². The van der Waals surface area contributed by atoms with Gasteiger partial charge in [0.2, 0.25) is 0 Å². The number of nitrogens with one attached hydrogen (secondary N) is 1. The maximum absolute atomic E-state index is 12.3. The smallest absolute Gasteiger partial charge is 0.340 e. The van der Waals surface area contributed by atoms with E-state index >= 15 is 0 Å². The summed E-state index contributed by atoms with van der Waals surface area (Å²) in [5.74, 6) is -2.44. The lowest BCUT2D eigenvalue weighted by Crippen LogP contribution is -2.41. The molecule has 0 aliphatic heterocycles. The van der Waals surface area contributed by atoms with Crippen molar-refractivity contribution in [2.24, 2.45) is 0 Å². The highest BCUT2D eigenvalue weighted by Crippen LogP contribution is 2.48. The molecular weight excluding hydrogens is 483 g/mol. The van der Waals surface area contributed by atoms with E-state index in [1.165, 1.54) is 11.3 Å². The largest absolute Gasteiger partial charge is 0.471 e. The van der Waals surface area contributed by atoms with Crippen LogP contribution in [0.3, 0.4) is 0 Å². The molecule has 0 aromatic carbocycles. The maximum atomic E-state index is 12.3. The van der Waals surface area contributed by atoms with Crippen LogP contribution in [0.5, 0.6) is 0 Å². The summed E-state index contributed by atoms with van der Waals surface area (Å²) < 4.78 is 37.9. The van der Waals surface area contributed by atoms with Crippen LogP contribution < -0.4 is 5.32 Å². The molecule has 0 saturated heterocycles. The second kappa shape index (κ2) is 5.12. The molecule has 3 nitrogen and oxygen atoms in total. The van der Waals surface area contributed by atoms with Gasteiger partial charge in [0.25, 0.3) is 0 Å². The fourth-order valence-electron chi connectivity index (χ4n) is 1.70. The molecule has 0 radical (unpaired) electrons. The topological polar surface area (TPSA) is 46.2 Å². The molecule has 19 heavy (non-hydrogen) atoms. The fourth-order valence-corrected chi connectivity index (χ4v) is 5.61. The standard InChI is InChI=1S/C9H3Br3F3NO2S/c10-3-4(16-8(18)9(13,14)15)1-2(5(3)17)7(12)19-6(1)11/h3-4H,(H,16,18)/t3-,4+/m0/s1. The molecule has 1 aliphatic rings. The lowest BCUT2D eigenvalue weighted by atomic mass is 10.2. The number of rotatable bonds is 1. The monoisotopic (exact) mass is 483 g/mol. The average molecular weight is 486 g/mol. The number of amides is 1.